The molecular formula is C74H99N2O7P. The summed E-state index contributed by atoms with van der Waals surface area (Å²) in [4.78, 5) is 56.2. The molecule has 7 rings (SSSR count). The first-order chi connectivity index (χ1) is 39.9. The monoisotopic (exact) mass is 1160 g/mol. The predicted octanol–water partition coefficient (Wildman–Crippen LogP) is 17.9. The summed E-state index contributed by atoms with van der Waals surface area (Å²) < 4.78 is 0. The molecule has 1 unspecified atom stereocenters. The molecule has 5 aromatic carbocycles. The zero-order chi connectivity index (χ0) is 62.6. The number of hydrogen-bond acceptors (Lipinski definition) is 6. The van der Waals surface area contributed by atoms with Crippen molar-refractivity contribution >= 4 is 55.6 Å². The van der Waals surface area contributed by atoms with Gasteiger partial charge in [0.1, 0.15) is 6.79 Å². The Kier molecular flexibility index (Phi) is 30.0. The molecule has 1 amide bonds. The van der Waals surface area contributed by atoms with Crippen LogP contribution in [0.5, 0.6) is 0 Å². The van der Waals surface area contributed by atoms with Gasteiger partial charge < -0.3 is 25.6 Å². The third kappa shape index (κ3) is 21.9. The number of carbonyl (C=O) groups is 5. The first kappa shape index (κ1) is 71.3. The highest BCUT2D eigenvalue weighted by molar-refractivity contribution is 7.46. The number of hydrogen-bond donors (Lipinski definition) is 4. The summed E-state index contributed by atoms with van der Waals surface area (Å²) in [6.45, 7) is 33.4. The summed E-state index contributed by atoms with van der Waals surface area (Å²) in [5, 5.41) is 26.0. The molecule has 2 aliphatic carbocycles. The molecule has 0 radical (unpaired) electrons. The van der Waals surface area contributed by atoms with Gasteiger partial charge in [0, 0.05) is 41.2 Å². The van der Waals surface area contributed by atoms with Crippen molar-refractivity contribution in [3.05, 3.63) is 207 Å². The molecule has 5 aromatic rings. The zero-order valence-electron chi connectivity index (χ0n) is 52.9. The molecule has 0 aromatic heterocycles. The molecule has 0 saturated heterocycles. The van der Waals surface area contributed by atoms with Gasteiger partial charge in [-0.3, -0.25) is 9.59 Å². The smallest absolute Gasteiger partial charge is 0.336 e. The number of aromatic carboxylic acids is 2. The van der Waals surface area contributed by atoms with Crippen molar-refractivity contribution in [2.24, 2.45) is 0 Å². The SMILES string of the molecule is C=C(C)c1ccc(C(=O)O)c(C(=O)NC)c1.C=C(NC(C)(C)CC)c1cc(C(=O)Cc2ccc(C3(c4ccc(C)cc4)CCCCCCCCCCC3)cc2C)ccc1C(=O)O.C=O.CC1=CCCC=C1.CCC(C)(C)c1cccc(PC)c1. The predicted molar refractivity (Wildman–Crippen MR) is 356 cm³/mol. The third-order valence-electron chi connectivity index (χ3n) is 16.5. The van der Waals surface area contributed by atoms with Crippen LogP contribution < -0.4 is 15.9 Å². The van der Waals surface area contributed by atoms with Crippen molar-refractivity contribution in [2.45, 2.75) is 188 Å². The van der Waals surface area contributed by atoms with Gasteiger partial charge in [-0.25, -0.2) is 9.59 Å². The van der Waals surface area contributed by atoms with Crippen LogP contribution in [-0.2, 0) is 22.0 Å². The van der Waals surface area contributed by atoms with Crippen molar-refractivity contribution in [3.63, 3.8) is 0 Å². The van der Waals surface area contributed by atoms with Crippen LogP contribution in [0.25, 0.3) is 11.3 Å². The van der Waals surface area contributed by atoms with Gasteiger partial charge in [0.25, 0.3) is 5.91 Å². The lowest BCUT2D eigenvalue weighted by Gasteiger charge is -2.37. The van der Waals surface area contributed by atoms with Crippen molar-refractivity contribution < 1.29 is 34.2 Å². The minimum atomic E-state index is -1.12. The quantitative estimate of drug-likeness (QED) is 0.0563. The number of amides is 1. The van der Waals surface area contributed by atoms with E-state index in [-0.39, 0.29) is 39.8 Å². The van der Waals surface area contributed by atoms with Crippen LogP contribution in [0, 0.1) is 13.8 Å². The highest BCUT2D eigenvalue weighted by Gasteiger charge is 2.34. The van der Waals surface area contributed by atoms with Crippen LogP contribution in [0.1, 0.15) is 238 Å². The maximum atomic E-state index is 13.7. The van der Waals surface area contributed by atoms with Gasteiger partial charge >= 0.3 is 11.9 Å². The first-order valence-electron chi connectivity index (χ1n) is 30.1. The van der Waals surface area contributed by atoms with E-state index in [0.717, 1.165) is 50.1 Å². The number of carboxylic acid groups (broad SMARTS) is 2. The lowest BCUT2D eigenvalue weighted by molar-refractivity contribution is -0.0980. The molecular weight excluding hydrogens is 1060 g/mol. The summed E-state index contributed by atoms with van der Waals surface area (Å²) in [5.41, 5.74) is 12.4. The van der Waals surface area contributed by atoms with E-state index >= 15 is 0 Å². The second-order valence-electron chi connectivity index (χ2n) is 23.7. The zero-order valence-corrected chi connectivity index (χ0v) is 53.9. The topological polar surface area (TPSA) is 150 Å². The van der Waals surface area contributed by atoms with E-state index < -0.39 is 17.8 Å². The van der Waals surface area contributed by atoms with E-state index in [2.05, 4.69) is 164 Å². The molecule has 2 aliphatic rings. The number of benzene rings is 5. The number of rotatable bonds is 16. The molecule has 0 aliphatic heterocycles. The van der Waals surface area contributed by atoms with E-state index in [1.54, 1.807) is 25.1 Å². The van der Waals surface area contributed by atoms with E-state index in [1.807, 2.05) is 20.6 Å². The summed E-state index contributed by atoms with van der Waals surface area (Å²) in [5.74, 6) is -2.60. The number of carboxylic acids is 2. The van der Waals surface area contributed by atoms with Crippen LogP contribution in [0.15, 0.2) is 140 Å². The lowest BCUT2D eigenvalue weighted by atomic mass is 9.67. The highest BCUT2D eigenvalue weighted by Crippen LogP contribution is 2.43. The van der Waals surface area contributed by atoms with Crippen LogP contribution >= 0.6 is 8.58 Å². The fourth-order valence-corrected chi connectivity index (χ4v) is 10.9. The van der Waals surface area contributed by atoms with Gasteiger partial charge in [-0.05, 0) is 155 Å². The molecule has 4 N–H and O–H groups in total. The third-order valence-corrected chi connectivity index (χ3v) is 17.4. The van der Waals surface area contributed by atoms with Crippen LogP contribution in [0.4, 0.5) is 0 Å². The molecule has 1 atom stereocenters. The molecule has 0 spiro atoms. The number of aryl methyl sites for hydroxylation is 2. The molecule has 0 bridgehead atoms. The van der Waals surface area contributed by atoms with Crippen LogP contribution in [0.2, 0.25) is 0 Å². The van der Waals surface area contributed by atoms with Gasteiger partial charge in [0.05, 0.1) is 16.7 Å². The molecule has 452 valence electrons. The van der Waals surface area contributed by atoms with Gasteiger partial charge in [-0.1, -0.05) is 221 Å². The molecule has 9 nitrogen and oxygen atoms in total. The molecule has 1 fully saturated rings. The minimum Gasteiger partial charge on any atom is -0.478 e. The van der Waals surface area contributed by atoms with Crippen molar-refractivity contribution in [3.8, 4) is 0 Å². The van der Waals surface area contributed by atoms with Crippen LogP contribution in [-0.4, -0.2) is 59.9 Å². The Morgan fingerprint density at radius 2 is 1.19 bits per heavy atom. The molecule has 84 heavy (non-hydrogen) atoms. The Balaban J connectivity index is 0.000000389. The van der Waals surface area contributed by atoms with Crippen molar-refractivity contribution in [1.29, 1.82) is 0 Å². The highest BCUT2D eigenvalue weighted by atomic mass is 31.1. The maximum absolute atomic E-state index is 13.7. The van der Waals surface area contributed by atoms with E-state index in [9.17, 15) is 24.3 Å². The second kappa shape index (κ2) is 35.4. The van der Waals surface area contributed by atoms with Crippen molar-refractivity contribution in [2.75, 3.05) is 13.7 Å². The Hall–Kier alpha value is -6.96. The van der Waals surface area contributed by atoms with Gasteiger partial charge in [0.2, 0.25) is 0 Å². The van der Waals surface area contributed by atoms with Gasteiger partial charge in [-0.15, -0.1) is 0 Å². The summed E-state index contributed by atoms with van der Waals surface area (Å²) in [6.07, 6.45) is 25.4. The maximum Gasteiger partial charge on any atom is 0.336 e. The summed E-state index contributed by atoms with van der Waals surface area (Å²) >= 11 is 0. The number of carbonyl (C=O) groups excluding carboxylic acids is 3. The van der Waals surface area contributed by atoms with E-state index in [4.69, 9.17) is 9.90 Å². The first-order valence-corrected chi connectivity index (χ1v) is 31.6. The Labute approximate surface area is 506 Å². The normalized spacial score (nSPS) is 14.3. The van der Waals surface area contributed by atoms with Crippen molar-refractivity contribution in [1.82, 2.24) is 10.6 Å². The summed E-state index contributed by atoms with van der Waals surface area (Å²) in [7, 11) is 2.37. The Bertz CT molecular complexity index is 3040. The number of ketones is 1. The number of allylic oxidation sites excluding steroid dienone is 5. The molecule has 1 saturated carbocycles. The second-order valence-corrected chi connectivity index (χ2v) is 24.8. The standard InChI is InChI=1S/C42H55NO3.C12H13NO3.C12H19P.C7H10.CH2O/c1-7-41(5,6)43-32(4)38-28-34(20-24-37(38)40(45)46)39(44)29-33-19-23-36(27-31(33)3)42(35-21-17-30(2)18-22-35)25-15-13-11-9-8-10-12-14-16-26-42;1-7(2)8-4-5-9(12(15)16)10(6-8)11(14)13-3;1-5-12(2,3)10-7-6-8-11(9-10)13-4;1-7-5-3-2-4-6-7;1-2/h17-24,27-28,43H,4,7-16,25-26,29H2,1-3,5-6H3,(H,45,46);4-6H,1H2,2-3H3,(H,13,14)(H,15,16);6-9,13H,5H2,1-4H3;3,5-6H,2,4H2,1H3;1H2. The fraction of sp³-hybridized carbons (Fsp3) is 0.419. The molecule has 0 heterocycles. The average Bonchev–Trinajstić information content (AvgIpc) is 3.63. The largest absolute Gasteiger partial charge is 0.478 e. The number of Topliss-reactive ketones (excluding diaryl/α,β-unsaturated/α-hetero) is 1. The minimum absolute atomic E-state index is 0.00986. The van der Waals surface area contributed by atoms with E-state index in [0.29, 0.717) is 22.2 Å². The Morgan fingerprint density at radius 3 is 1.67 bits per heavy atom. The van der Waals surface area contributed by atoms with Crippen LogP contribution in [0.3, 0.4) is 0 Å². The van der Waals surface area contributed by atoms with E-state index in [1.165, 1.54) is 135 Å². The molecule has 10 heteroatoms. The number of nitrogens with one attached hydrogen (secondary N) is 2. The average molecular weight is 1160 g/mol. The Morgan fingerprint density at radius 1 is 0.643 bits per heavy atom. The fourth-order valence-electron chi connectivity index (χ4n) is 10.4. The lowest BCUT2D eigenvalue weighted by Crippen LogP contribution is -2.37. The van der Waals surface area contributed by atoms with Gasteiger partial charge in [-0.2, -0.15) is 0 Å². The van der Waals surface area contributed by atoms with Gasteiger partial charge in [0.15, 0.2) is 5.78 Å². The summed E-state index contributed by atoms with van der Waals surface area (Å²) in [6, 6.07) is 34.4.